The van der Waals surface area contributed by atoms with E-state index in [4.69, 9.17) is 0 Å². The monoisotopic (exact) mass is 150 g/mol. The highest BCUT2D eigenvalue weighted by Crippen LogP contribution is 2.26. The van der Waals surface area contributed by atoms with Crippen LogP contribution in [0.2, 0.25) is 0 Å². The van der Waals surface area contributed by atoms with Crippen molar-refractivity contribution in [2.45, 2.75) is 27.7 Å². The summed E-state index contributed by atoms with van der Waals surface area (Å²) >= 11 is 0. The van der Waals surface area contributed by atoms with Gasteiger partial charge in [-0.05, 0) is 17.9 Å². The Morgan fingerprint density at radius 3 is 1.82 bits per heavy atom. The summed E-state index contributed by atoms with van der Waals surface area (Å²) < 4.78 is 0. The van der Waals surface area contributed by atoms with Crippen LogP contribution in [0.1, 0.15) is 27.7 Å². The van der Waals surface area contributed by atoms with Crippen molar-refractivity contribution in [3.63, 3.8) is 0 Å². The van der Waals surface area contributed by atoms with Gasteiger partial charge >= 0.3 is 0 Å². The van der Waals surface area contributed by atoms with E-state index >= 15 is 0 Å². The van der Waals surface area contributed by atoms with E-state index in [1.807, 2.05) is 13.0 Å². The van der Waals surface area contributed by atoms with Gasteiger partial charge in [0.05, 0.1) is 0 Å². The van der Waals surface area contributed by atoms with Crippen molar-refractivity contribution < 1.29 is 0 Å². The summed E-state index contributed by atoms with van der Waals surface area (Å²) in [6, 6.07) is 0. The lowest BCUT2D eigenvalue weighted by molar-refractivity contribution is 0.517. The predicted octanol–water partition coefficient (Wildman–Crippen LogP) is 3.72. The van der Waals surface area contributed by atoms with Gasteiger partial charge in [-0.25, -0.2) is 0 Å². The lowest BCUT2D eigenvalue weighted by Gasteiger charge is -2.20. The lowest BCUT2D eigenvalue weighted by Crippen LogP contribution is -2.07. The molecule has 0 unspecified atom stereocenters. The fraction of sp³-hybridized carbons (Fsp3) is 0.455. The highest BCUT2D eigenvalue weighted by molar-refractivity contribution is 5.30. The van der Waals surface area contributed by atoms with Gasteiger partial charge in [-0.15, -0.1) is 0 Å². The predicted molar refractivity (Wildman–Crippen MR) is 52.5 cm³/mol. The molecule has 0 rings (SSSR count). The van der Waals surface area contributed by atoms with Gasteiger partial charge in [-0.2, -0.15) is 0 Å². The van der Waals surface area contributed by atoms with Crippen LogP contribution in [0.25, 0.3) is 0 Å². The van der Waals surface area contributed by atoms with Gasteiger partial charge in [0.2, 0.25) is 0 Å². The van der Waals surface area contributed by atoms with Gasteiger partial charge in [-0.3, -0.25) is 0 Å². The smallest absolute Gasteiger partial charge is 0.0132 e. The first-order chi connectivity index (χ1) is 4.88. The third kappa shape index (κ3) is 3.82. The molecule has 0 saturated carbocycles. The minimum Gasteiger partial charge on any atom is -0.0988 e. The normalized spacial score (nSPS) is 12.9. The maximum Gasteiger partial charge on any atom is -0.0132 e. The molecular formula is C11H18. The maximum atomic E-state index is 3.83. The fourth-order valence-electron chi connectivity index (χ4n) is 0.847. The SMILES string of the molecule is C=C/C(=C\C(=C)C)C(C)(C)C. The summed E-state index contributed by atoms with van der Waals surface area (Å²) in [7, 11) is 0. The van der Waals surface area contributed by atoms with E-state index in [1.54, 1.807) is 0 Å². The Hall–Kier alpha value is -0.780. The third-order valence-electron chi connectivity index (χ3n) is 1.49. The Morgan fingerprint density at radius 2 is 1.73 bits per heavy atom. The van der Waals surface area contributed by atoms with Crippen LogP contribution in [0.4, 0.5) is 0 Å². The van der Waals surface area contributed by atoms with Gasteiger partial charge in [0.1, 0.15) is 0 Å². The van der Waals surface area contributed by atoms with Crippen molar-refractivity contribution >= 4 is 0 Å². The average molecular weight is 150 g/mol. The molecule has 0 amide bonds. The molecule has 0 aromatic carbocycles. The summed E-state index contributed by atoms with van der Waals surface area (Å²) in [6.07, 6.45) is 3.97. The number of rotatable bonds is 2. The molecule has 0 aromatic heterocycles. The second-order valence-corrected chi connectivity index (χ2v) is 3.90. The summed E-state index contributed by atoms with van der Waals surface area (Å²) in [5.41, 5.74) is 2.50. The van der Waals surface area contributed by atoms with Gasteiger partial charge in [0.15, 0.2) is 0 Å². The van der Waals surface area contributed by atoms with E-state index < -0.39 is 0 Å². The first-order valence-corrected chi connectivity index (χ1v) is 3.88. The second kappa shape index (κ2) is 3.56. The molecule has 0 nitrogen and oxygen atoms in total. The minimum absolute atomic E-state index is 0.181. The van der Waals surface area contributed by atoms with Crippen molar-refractivity contribution in [1.29, 1.82) is 0 Å². The standard InChI is InChI=1S/C11H18/c1-7-10(8-9(2)3)11(4,5)6/h7-8H,1-2H2,3-6H3/b10-8+. The quantitative estimate of drug-likeness (QED) is 0.526. The van der Waals surface area contributed by atoms with Crippen molar-refractivity contribution in [2.75, 3.05) is 0 Å². The van der Waals surface area contributed by atoms with Gasteiger partial charge in [-0.1, -0.05) is 51.7 Å². The zero-order valence-electron chi connectivity index (χ0n) is 8.07. The van der Waals surface area contributed by atoms with E-state index in [9.17, 15) is 0 Å². The molecule has 0 atom stereocenters. The van der Waals surface area contributed by atoms with Crippen LogP contribution in [0.5, 0.6) is 0 Å². The number of allylic oxidation sites excluding steroid dienone is 4. The summed E-state index contributed by atoms with van der Waals surface area (Å²) in [5, 5.41) is 0. The Bertz CT molecular complexity index is 187. The van der Waals surface area contributed by atoms with Crippen LogP contribution in [-0.2, 0) is 0 Å². The van der Waals surface area contributed by atoms with Crippen molar-refractivity contribution in [3.05, 3.63) is 36.5 Å². The van der Waals surface area contributed by atoms with Crippen molar-refractivity contribution in [1.82, 2.24) is 0 Å². The summed E-state index contributed by atoms with van der Waals surface area (Å²) in [6.45, 7) is 16.1. The first kappa shape index (κ1) is 10.2. The van der Waals surface area contributed by atoms with E-state index in [2.05, 4.69) is 40.0 Å². The fourth-order valence-corrected chi connectivity index (χ4v) is 0.847. The summed E-state index contributed by atoms with van der Waals surface area (Å²) in [5.74, 6) is 0. The van der Waals surface area contributed by atoms with Crippen LogP contribution in [0.15, 0.2) is 36.5 Å². The van der Waals surface area contributed by atoms with Crippen molar-refractivity contribution in [2.24, 2.45) is 5.41 Å². The van der Waals surface area contributed by atoms with Gasteiger partial charge < -0.3 is 0 Å². The molecule has 0 bridgehead atoms. The zero-order chi connectivity index (χ0) is 9.07. The first-order valence-electron chi connectivity index (χ1n) is 3.88. The Labute approximate surface area is 70.3 Å². The molecule has 0 aliphatic carbocycles. The molecule has 0 aliphatic rings. The number of hydrogen-bond donors (Lipinski definition) is 0. The third-order valence-corrected chi connectivity index (χ3v) is 1.49. The summed E-state index contributed by atoms with van der Waals surface area (Å²) in [4.78, 5) is 0. The van der Waals surface area contributed by atoms with E-state index in [1.165, 1.54) is 5.57 Å². The topological polar surface area (TPSA) is 0 Å². The molecule has 62 valence electrons. The highest BCUT2D eigenvalue weighted by atomic mass is 14.2. The van der Waals surface area contributed by atoms with Gasteiger partial charge in [0, 0.05) is 0 Å². The molecule has 0 heterocycles. The molecule has 0 saturated heterocycles. The Morgan fingerprint density at radius 1 is 1.27 bits per heavy atom. The number of hydrogen-bond acceptors (Lipinski definition) is 0. The molecule has 0 spiro atoms. The largest absolute Gasteiger partial charge is 0.0988 e. The minimum atomic E-state index is 0.181. The molecule has 0 N–H and O–H groups in total. The average Bonchev–Trinajstić information content (AvgIpc) is 1.79. The second-order valence-electron chi connectivity index (χ2n) is 3.90. The Kier molecular flexibility index (Phi) is 3.31. The van der Waals surface area contributed by atoms with Crippen LogP contribution >= 0.6 is 0 Å². The highest BCUT2D eigenvalue weighted by Gasteiger charge is 2.13. The van der Waals surface area contributed by atoms with E-state index in [-0.39, 0.29) is 5.41 Å². The molecule has 0 fully saturated rings. The Balaban J connectivity index is 4.68. The lowest BCUT2D eigenvalue weighted by atomic mass is 9.85. The molecule has 11 heavy (non-hydrogen) atoms. The van der Waals surface area contributed by atoms with E-state index in [0.29, 0.717) is 0 Å². The van der Waals surface area contributed by atoms with Crippen LogP contribution in [-0.4, -0.2) is 0 Å². The van der Waals surface area contributed by atoms with Gasteiger partial charge in [0.25, 0.3) is 0 Å². The maximum absolute atomic E-state index is 3.83. The van der Waals surface area contributed by atoms with E-state index in [0.717, 1.165) is 5.57 Å². The molecule has 0 aromatic rings. The molecular weight excluding hydrogens is 132 g/mol. The molecule has 0 heteroatoms. The van der Waals surface area contributed by atoms with Crippen LogP contribution in [0.3, 0.4) is 0 Å². The molecule has 0 aliphatic heterocycles. The van der Waals surface area contributed by atoms with Crippen LogP contribution in [0, 0.1) is 5.41 Å². The van der Waals surface area contributed by atoms with Crippen LogP contribution < -0.4 is 0 Å². The zero-order valence-corrected chi connectivity index (χ0v) is 8.07. The molecule has 0 radical (unpaired) electrons. The van der Waals surface area contributed by atoms with Crippen molar-refractivity contribution in [3.8, 4) is 0 Å².